The van der Waals surface area contributed by atoms with Gasteiger partial charge in [-0.05, 0) is 31.5 Å². The number of aromatic nitrogens is 3. The van der Waals surface area contributed by atoms with Crippen molar-refractivity contribution < 1.29 is 27.5 Å². The molecule has 3 aromatic rings. The van der Waals surface area contributed by atoms with Crippen LogP contribution in [0.2, 0.25) is 0 Å². The van der Waals surface area contributed by atoms with Crippen molar-refractivity contribution in [3.05, 3.63) is 40.4 Å². The van der Waals surface area contributed by atoms with E-state index in [1.165, 1.54) is 6.26 Å². The number of hydrogen-bond acceptors (Lipinski definition) is 13. The van der Waals surface area contributed by atoms with E-state index in [2.05, 4.69) is 25.9 Å². The Labute approximate surface area is 242 Å². The van der Waals surface area contributed by atoms with Crippen LogP contribution < -0.4 is 25.6 Å². The summed E-state index contributed by atoms with van der Waals surface area (Å²) in [5.41, 5.74) is 1.42. The van der Waals surface area contributed by atoms with Gasteiger partial charge in [0.25, 0.3) is 0 Å². The number of anilines is 4. The van der Waals surface area contributed by atoms with E-state index in [-0.39, 0.29) is 23.4 Å². The van der Waals surface area contributed by atoms with Crippen LogP contribution in [0.25, 0.3) is 0 Å². The fourth-order valence-electron chi connectivity index (χ4n) is 3.98. The van der Waals surface area contributed by atoms with Gasteiger partial charge in [-0.1, -0.05) is 30.4 Å². The molecule has 220 valence electrons. The lowest BCUT2D eigenvalue weighted by Crippen LogP contribution is -2.34. The van der Waals surface area contributed by atoms with Crippen LogP contribution in [0.3, 0.4) is 0 Å². The zero-order valence-corrected chi connectivity index (χ0v) is 24.9. The maximum absolute atomic E-state index is 12.3. The van der Waals surface area contributed by atoms with Crippen molar-refractivity contribution in [3.63, 3.8) is 0 Å². The molecule has 3 N–H and O–H groups in total. The number of amides is 1. The average Bonchev–Trinajstić information content (AvgIpc) is 3.30. The number of carbonyl (C=O) groups excluding carboxylic acids is 2. The molecule has 4 rings (SSSR count). The minimum absolute atomic E-state index is 0.0558. The van der Waals surface area contributed by atoms with Gasteiger partial charge in [-0.3, -0.25) is 10.1 Å². The van der Waals surface area contributed by atoms with Gasteiger partial charge in [-0.25, -0.2) is 18.2 Å². The topological polar surface area (TPSA) is 165 Å². The fourth-order valence-corrected chi connectivity index (χ4v) is 5.47. The highest BCUT2D eigenvalue weighted by atomic mass is 32.2. The molecule has 0 fully saturated rings. The second-order valence-electron chi connectivity index (χ2n) is 9.14. The first-order valence-electron chi connectivity index (χ1n) is 13.1. The van der Waals surface area contributed by atoms with Gasteiger partial charge >= 0.3 is 5.97 Å². The van der Waals surface area contributed by atoms with E-state index in [1.54, 1.807) is 45.0 Å². The van der Waals surface area contributed by atoms with Crippen molar-refractivity contribution in [1.82, 2.24) is 20.3 Å². The highest BCUT2D eigenvalue weighted by Crippen LogP contribution is 2.38. The summed E-state index contributed by atoms with van der Waals surface area (Å²) in [6, 6.07) is 6.72. The molecule has 0 bridgehead atoms. The van der Waals surface area contributed by atoms with Gasteiger partial charge in [0.05, 0.1) is 23.7 Å². The molecule has 41 heavy (non-hydrogen) atoms. The minimum Gasteiger partial charge on any atom is -0.485 e. The Balaban J connectivity index is 1.63. The third-order valence-corrected chi connectivity index (χ3v) is 8.20. The SMILES string of the molecule is CCOC(=O)c1sc(Nc2nc(NCCNC(=O)CC)c3c(n2)N(Cc2ccc(S(C)(=O)=O)cc2)CCO3)nc1C. The van der Waals surface area contributed by atoms with E-state index in [1.807, 2.05) is 4.90 Å². The zero-order chi connectivity index (χ0) is 29.6. The first-order valence-corrected chi connectivity index (χ1v) is 15.8. The summed E-state index contributed by atoms with van der Waals surface area (Å²) in [4.78, 5) is 40.3. The van der Waals surface area contributed by atoms with Gasteiger partial charge in [-0.2, -0.15) is 9.97 Å². The van der Waals surface area contributed by atoms with Gasteiger partial charge in [0.15, 0.2) is 26.6 Å². The molecule has 0 radical (unpaired) electrons. The number of esters is 1. The Hall–Kier alpha value is -3.98. The number of aryl methyl sites for hydroxylation is 1. The molecule has 1 aliphatic heterocycles. The lowest BCUT2D eigenvalue weighted by atomic mass is 10.2. The molecule has 1 aromatic carbocycles. The highest BCUT2D eigenvalue weighted by Gasteiger charge is 2.26. The Morgan fingerprint density at radius 3 is 2.56 bits per heavy atom. The monoisotopic (exact) mass is 603 g/mol. The molecular weight excluding hydrogens is 570 g/mol. The standard InChI is InChI=1S/C26H33N7O6S2/c1-5-19(34)27-11-12-28-22-20-23(31-25(30-22)32-26-29-16(3)21(40-26)24(35)38-6-2)33(13-14-39-20)15-17-7-9-18(10-8-17)41(4,36)37/h7-10H,5-6,11-15H2,1-4H3,(H,27,34)(H2,28,29,30,31,32). The van der Waals surface area contributed by atoms with Crippen molar-refractivity contribution in [2.24, 2.45) is 0 Å². The van der Waals surface area contributed by atoms with Gasteiger partial charge in [0.1, 0.15) is 11.5 Å². The molecule has 0 saturated carbocycles. The summed E-state index contributed by atoms with van der Waals surface area (Å²) < 4.78 is 34.8. The van der Waals surface area contributed by atoms with Crippen LogP contribution in [0.15, 0.2) is 29.2 Å². The van der Waals surface area contributed by atoms with Crippen LogP contribution in [0, 0.1) is 6.92 Å². The third-order valence-electron chi connectivity index (χ3n) is 6.02. The Morgan fingerprint density at radius 1 is 1.12 bits per heavy atom. The minimum atomic E-state index is -3.30. The van der Waals surface area contributed by atoms with Crippen LogP contribution in [0.5, 0.6) is 5.75 Å². The molecule has 1 amide bonds. The van der Waals surface area contributed by atoms with E-state index < -0.39 is 15.8 Å². The molecule has 0 spiro atoms. The van der Waals surface area contributed by atoms with Gasteiger partial charge in [0.2, 0.25) is 17.6 Å². The number of benzene rings is 1. The summed E-state index contributed by atoms with van der Waals surface area (Å²) in [5.74, 6) is 1.15. The van der Waals surface area contributed by atoms with E-state index in [0.29, 0.717) is 72.3 Å². The second kappa shape index (κ2) is 13.1. The van der Waals surface area contributed by atoms with E-state index in [9.17, 15) is 18.0 Å². The maximum atomic E-state index is 12.3. The number of nitrogens with zero attached hydrogens (tertiary/aromatic N) is 4. The number of sulfone groups is 1. The van der Waals surface area contributed by atoms with Crippen molar-refractivity contribution in [2.75, 3.05) is 54.6 Å². The van der Waals surface area contributed by atoms with Crippen LogP contribution >= 0.6 is 11.3 Å². The quantitative estimate of drug-likeness (QED) is 0.205. The van der Waals surface area contributed by atoms with E-state index in [4.69, 9.17) is 14.5 Å². The largest absolute Gasteiger partial charge is 0.485 e. The lowest BCUT2D eigenvalue weighted by Gasteiger charge is -2.31. The van der Waals surface area contributed by atoms with E-state index in [0.717, 1.165) is 16.9 Å². The van der Waals surface area contributed by atoms with Crippen molar-refractivity contribution in [1.29, 1.82) is 0 Å². The van der Waals surface area contributed by atoms with E-state index >= 15 is 0 Å². The number of rotatable bonds is 12. The van der Waals surface area contributed by atoms with Crippen LogP contribution in [0.4, 0.5) is 22.7 Å². The Bertz CT molecular complexity index is 1510. The Kier molecular flexibility index (Phi) is 9.60. The molecule has 2 aromatic heterocycles. The summed E-state index contributed by atoms with van der Waals surface area (Å²) in [7, 11) is -3.30. The van der Waals surface area contributed by atoms with Crippen LogP contribution in [-0.2, 0) is 25.9 Å². The van der Waals surface area contributed by atoms with Crippen molar-refractivity contribution in [3.8, 4) is 5.75 Å². The lowest BCUT2D eigenvalue weighted by molar-refractivity contribution is -0.120. The second-order valence-corrected chi connectivity index (χ2v) is 12.2. The smallest absolute Gasteiger partial charge is 0.350 e. The molecule has 13 nitrogen and oxygen atoms in total. The molecular formula is C26H33N7O6S2. The summed E-state index contributed by atoms with van der Waals surface area (Å²) >= 11 is 1.14. The average molecular weight is 604 g/mol. The highest BCUT2D eigenvalue weighted by molar-refractivity contribution is 7.90. The summed E-state index contributed by atoms with van der Waals surface area (Å²) in [6.45, 7) is 7.67. The zero-order valence-electron chi connectivity index (χ0n) is 23.3. The molecule has 0 atom stereocenters. The normalized spacial score (nSPS) is 12.7. The summed E-state index contributed by atoms with van der Waals surface area (Å²) in [6.07, 6.45) is 1.56. The van der Waals surface area contributed by atoms with Gasteiger partial charge in [0, 0.05) is 32.3 Å². The molecule has 0 aliphatic carbocycles. The van der Waals surface area contributed by atoms with Gasteiger partial charge in [-0.15, -0.1) is 0 Å². The molecule has 1 aliphatic rings. The first kappa shape index (κ1) is 30.0. The number of nitrogens with one attached hydrogen (secondary N) is 3. The Morgan fingerprint density at radius 2 is 1.88 bits per heavy atom. The fraction of sp³-hybridized carbons (Fsp3) is 0.423. The van der Waals surface area contributed by atoms with Crippen molar-refractivity contribution >= 4 is 55.8 Å². The van der Waals surface area contributed by atoms with Crippen LogP contribution in [-0.4, -0.2) is 74.4 Å². The van der Waals surface area contributed by atoms with Crippen LogP contribution in [0.1, 0.15) is 41.2 Å². The first-order chi connectivity index (χ1) is 19.6. The number of carbonyl (C=O) groups is 2. The number of hydrogen-bond donors (Lipinski definition) is 3. The number of fused-ring (bicyclic) bond motifs is 1. The molecule has 0 unspecified atom stereocenters. The molecule has 15 heteroatoms. The van der Waals surface area contributed by atoms with Gasteiger partial charge < -0.3 is 25.0 Å². The molecule has 3 heterocycles. The number of thiazole rings is 1. The van der Waals surface area contributed by atoms with Crippen molar-refractivity contribution in [2.45, 2.75) is 38.6 Å². The maximum Gasteiger partial charge on any atom is 0.350 e. The number of ether oxygens (including phenoxy) is 2. The third kappa shape index (κ3) is 7.61. The molecule has 0 saturated heterocycles. The predicted molar refractivity (Wildman–Crippen MR) is 156 cm³/mol. The predicted octanol–water partition coefficient (Wildman–Crippen LogP) is 2.90. The summed E-state index contributed by atoms with van der Waals surface area (Å²) in [5, 5.41) is 9.56.